The maximum absolute atomic E-state index is 14.3. The minimum Gasteiger partial charge on any atom is -0.466 e. The third-order valence-electron chi connectivity index (χ3n) is 8.94. The number of carbonyl (C=O) groups excluding carboxylic acids is 2. The molecule has 0 amide bonds. The Kier molecular flexibility index (Phi) is 10.8. The minimum atomic E-state index is -0.188. The van der Waals surface area contributed by atoms with E-state index in [2.05, 4.69) is 99.8 Å². The summed E-state index contributed by atoms with van der Waals surface area (Å²) in [5, 5.41) is 0. The minimum absolute atomic E-state index is 0.0155. The summed E-state index contributed by atoms with van der Waals surface area (Å²) < 4.78 is 7.61. The van der Waals surface area contributed by atoms with Crippen LogP contribution in [0.2, 0.25) is 0 Å². The summed E-state index contributed by atoms with van der Waals surface area (Å²) in [7, 11) is 2.22. The van der Waals surface area contributed by atoms with E-state index in [0.717, 1.165) is 41.1 Å². The average Bonchev–Trinajstić information content (AvgIpc) is 3.43. The lowest BCUT2D eigenvalue weighted by molar-refractivity contribution is -0.143. The highest BCUT2D eigenvalue weighted by molar-refractivity contribution is 6.14. The molecule has 244 valence electrons. The summed E-state index contributed by atoms with van der Waals surface area (Å²) >= 11 is 0. The first-order valence-corrected chi connectivity index (χ1v) is 17.1. The third kappa shape index (κ3) is 7.74. The molecular weight excluding hydrogens is 580 g/mol. The molecule has 0 bridgehead atoms. The van der Waals surface area contributed by atoms with E-state index >= 15 is 0 Å². The number of pyridine rings is 1. The van der Waals surface area contributed by atoms with E-state index in [-0.39, 0.29) is 11.8 Å². The number of carbonyl (C=O) groups is 2. The van der Waals surface area contributed by atoms with Crippen LogP contribution in [0.3, 0.4) is 0 Å². The lowest BCUT2D eigenvalue weighted by atomic mass is 9.99. The Bertz CT molecular complexity index is 1760. The highest BCUT2D eigenvalue weighted by Crippen LogP contribution is 2.42. The van der Waals surface area contributed by atoms with Crippen LogP contribution in [0, 0.1) is 11.8 Å². The van der Waals surface area contributed by atoms with E-state index < -0.39 is 0 Å². The standard InChI is InChI=1S/C42H49N2O3/c1-7-47-41(45)16-11-13-35-29-39(40-15-8-9-25-43(35)40)42(46)34-12-10-14-38(28-34)44(6,36-21-17-32(18-22-36)26-30(2)3)37-23-19-33(20-24-37)27-31(4)5/h8-10,12,14-15,17-25,28-31H,7,11,13,16,26-27H2,1-6H3/q+1. The van der Waals surface area contributed by atoms with Gasteiger partial charge in [-0.1, -0.05) is 70.2 Å². The molecule has 5 nitrogen and oxygen atoms in total. The van der Waals surface area contributed by atoms with Crippen molar-refractivity contribution in [1.29, 1.82) is 0 Å². The first-order chi connectivity index (χ1) is 22.6. The van der Waals surface area contributed by atoms with Gasteiger partial charge >= 0.3 is 5.97 Å². The number of aryl methyl sites for hydroxylation is 1. The molecule has 0 aliphatic rings. The fourth-order valence-electron chi connectivity index (χ4n) is 6.58. The number of hydrogen-bond donors (Lipinski definition) is 0. The molecule has 0 N–H and O–H groups in total. The van der Waals surface area contributed by atoms with Crippen molar-refractivity contribution in [2.24, 2.45) is 11.8 Å². The summed E-state index contributed by atoms with van der Waals surface area (Å²) in [6.45, 7) is 11.2. The fraction of sp³-hybridized carbons (Fsp3) is 0.333. The molecule has 5 heteroatoms. The quantitative estimate of drug-likeness (QED) is 0.0698. The summed E-state index contributed by atoms with van der Waals surface area (Å²) in [6.07, 6.45) is 5.74. The molecule has 0 aliphatic carbocycles. The molecule has 0 spiro atoms. The summed E-state index contributed by atoms with van der Waals surface area (Å²) in [6, 6.07) is 33.9. The van der Waals surface area contributed by atoms with E-state index in [1.54, 1.807) is 0 Å². The normalized spacial score (nSPS) is 11.8. The van der Waals surface area contributed by atoms with Gasteiger partial charge in [0, 0.05) is 65.8 Å². The van der Waals surface area contributed by atoms with Gasteiger partial charge in [-0.25, -0.2) is 4.48 Å². The van der Waals surface area contributed by atoms with E-state index in [0.29, 0.717) is 53.3 Å². The van der Waals surface area contributed by atoms with Gasteiger partial charge in [-0.2, -0.15) is 0 Å². The molecule has 2 heterocycles. The predicted molar refractivity (Wildman–Crippen MR) is 194 cm³/mol. The molecular formula is C42H49N2O3+. The number of ether oxygens (including phenoxy) is 1. The number of hydrogen-bond acceptors (Lipinski definition) is 3. The van der Waals surface area contributed by atoms with Crippen LogP contribution in [-0.2, 0) is 28.8 Å². The largest absolute Gasteiger partial charge is 0.466 e. The SMILES string of the molecule is CCOC(=O)CCCc1cc(C(=O)c2cccc([N+](C)(c3ccc(CC(C)C)cc3)c3ccc(CC(C)C)cc3)c2)c2ccccn12. The molecule has 0 saturated carbocycles. The predicted octanol–water partition coefficient (Wildman–Crippen LogP) is 10.1. The van der Waals surface area contributed by atoms with Crippen LogP contribution in [0.15, 0.2) is 103 Å². The van der Waals surface area contributed by atoms with Crippen LogP contribution in [-0.4, -0.2) is 29.8 Å². The van der Waals surface area contributed by atoms with Gasteiger partial charge in [0.15, 0.2) is 5.78 Å². The van der Waals surface area contributed by atoms with Crippen molar-refractivity contribution in [2.75, 3.05) is 13.7 Å². The van der Waals surface area contributed by atoms with Crippen molar-refractivity contribution in [3.63, 3.8) is 0 Å². The molecule has 0 fully saturated rings. The van der Waals surface area contributed by atoms with Crippen LogP contribution in [0.5, 0.6) is 0 Å². The molecule has 0 unspecified atom stereocenters. The number of esters is 1. The van der Waals surface area contributed by atoms with Crippen LogP contribution in [0.1, 0.15) is 80.2 Å². The zero-order chi connectivity index (χ0) is 33.6. The molecule has 0 aliphatic heterocycles. The maximum atomic E-state index is 14.3. The van der Waals surface area contributed by atoms with Gasteiger partial charge in [-0.3, -0.25) is 9.59 Å². The number of fused-ring (bicyclic) bond motifs is 1. The summed E-state index contributed by atoms with van der Waals surface area (Å²) in [4.78, 5) is 26.2. The van der Waals surface area contributed by atoms with E-state index in [9.17, 15) is 9.59 Å². The molecule has 0 radical (unpaired) electrons. The van der Waals surface area contributed by atoms with Crippen molar-refractivity contribution in [3.05, 3.63) is 131 Å². The lowest BCUT2D eigenvalue weighted by Crippen LogP contribution is -2.34. The molecule has 47 heavy (non-hydrogen) atoms. The monoisotopic (exact) mass is 629 g/mol. The van der Waals surface area contributed by atoms with E-state index in [4.69, 9.17) is 4.74 Å². The number of ketones is 1. The van der Waals surface area contributed by atoms with Crippen molar-refractivity contribution in [1.82, 2.24) is 8.88 Å². The van der Waals surface area contributed by atoms with E-state index in [1.807, 2.05) is 49.5 Å². The molecule has 0 saturated heterocycles. The zero-order valence-electron chi connectivity index (χ0n) is 28.8. The van der Waals surface area contributed by atoms with E-state index in [1.165, 1.54) is 11.1 Å². The van der Waals surface area contributed by atoms with Crippen LogP contribution in [0.25, 0.3) is 5.52 Å². The highest BCUT2D eigenvalue weighted by atomic mass is 16.5. The number of aromatic nitrogens is 1. The fourth-order valence-corrected chi connectivity index (χ4v) is 6.58. The Balaban J connectivity index is 1.53. The van der Waals surface area contributed by atoms with Gasteiger partial charge in [0.25, 0.3) is 0 Å². The Morgan fingerprint density at radius 1 is 0.745 bits per heavy atom. The first-order valence-electron chi connectivity index (χ1n) is 17.1. The molecule has 2 aromatic heterocycles. The van der Waals surface area contributed by atoms with Crippen molar-refractivity contribution in [2.45, 2.75) is 66.7 Å². The Labute approximate surface area is 280 Å². The maximum Gasteiger partial charge on any atom is 0.305 e. The third-order valence-corrected chi connectivity index (χ3v) is 8.94. The number of nitrogens with zero attached hydrogens (tertiary/aromatic N) is 2. The summed E-state index contributed by atoms with van der Waals surface area (Å²) in [5.74, 6) is 0.966. The van der Waals surface area contributed by atoms with Crippen LogP contribution in [0.4, 0.5) is 17.1 Å². The highest BCUT2D eigenvalue weighted by Gasteiger charge is 2.32. The van der Waals surface area contributed by atoms with Crippen molar-refractivity contribution >= 4 is 34.3 Å². The van der Waals surface area contributed by atoms with Gasteiger partial charge in [-0.05, 0) is 73.8 Å². The Morgan fingerprint density at radius 2 is 1.36 bits per heavy atom. The van der Waals surface area contributed by atoms with Gasteiger partial charge in [0.1, 0.15) is 17.1 Å². The molecule has 3 aromatic carbocycles. The van der Waals surface area contributed by atoms with Crippen LogP contribution < -0.4 is 4.48 Å². The zero-order valence-corrected chi connectivity index (χ0v) is 28.8. The van der Waals surface area contributed by atoms with Crippen molar-refractivity contribution < 1.29 is 14.3 Å². The average molecular weight is 630 g/mol. The first kappa shape index (κ1) is 33.9. The van der Waals surface area contributed by atoms with Gasteiger partial charge < -0.3 is 9.14 Å². The topological polar surface area (TPSA) is 47.8 Å². The number of rotatable bonds is 14. The number of quaternary nitrogens is 1. The molecule has 5 rings (SSSR count). The second-order valence-electron chi connectivity index (χ2n) is 13.6. The Morgan fingerprint density at radius 3 is 1.94 bits per heavy atom. The molecule has 5 aromatic rings. The lowest BCUT2D eigenvalue weighted by Gasteiger charge is -2.34. The van der Waals surface area contributed by atoms with Crippen LogP contribution >= 0.6 is 0 Å². The molecule has 0 atom stereocenters. The second-order valence-corrected chi connectivity index (χ2v) is 13.6. The van der Waals surface area contributed by atoms with Gasteiger partial charge in [0.05, 0.1) is 19.2 Å². The summed E-state index contributed by atoms with van der Waals surface area (Å²) in [5.41, 5.74) is 9.13. The number of benzene rings is 3. The van der Waals surface area contributed by atoms with Crippen molar-refractivity contribution in [3.8, 4) is 0 Å². The van der Waals surface area contributed by atoms with Gasteiger partial charge in [0.2, 0.25) is 0 Å². The smallest absolute Gasteiger partial charge is 0.305 e. The second kappa shape index (κ2) is 15.0. The van der Waals surface area contributed by atoms with Gasteiger partial charge in [-0.15, -0.1) is 0 Å². The Hall–Kier alpha value is -4.48.